The first-order valence-electron chi connectivity index (χ1n) is 10.2. The molecule has 1 aliphatic rings. The number of anilines is 2. The third-order valence-electron chi connectivity index (χ3n) is 5.05. The molecule has 0 aliphatic carbocycles. The molecular formula is C21H26N6O2S2. The molecule has 0 bridgehead atoms. The van der Waals surface area contributed by atoms with Crippen LogP contribution in [0.3, 0.4) is 0 Å². The maximum atomic E-state index is 11.4. The van der Waals surface area contributed by atoms with E-state index in [1.807, 2.05) is 43.5 Å². The molecule has 1 aliphatic heterocycles. The second-order valence-corrected chi connectivity index (χ2v) is 10.7. The van der Waals surface area contributed by atoms with E-state index in [4.69, 9.17) is 4.98 Å². The van der Waals surface area contributed by atoms with Crippen LogP contribution in [0.15, 0.2) is 42.7 Å². The van der Waals surface area contributed by atoms with Gasteiger partial charge in [0.1, 0.15) is 16.6 Å². The van der Waals surface area contributed by atoms with Crippen molar-refractivity contribution in [3.63, 3.8) is 0 Å². The van der Waals surface area contributed by atoms with Crippen molar-refractivity contribution in [2.45, 2.75) is 32.4 Å². The Bertz CT molecular complexity index is 1140. The van der Waals surface area contributed by atoms with E-state index >= 15 is 0 Å². The minimum Gasteiger partial charge on any atom is -0.325 e. The number of rotatable bonds is 7. The fraction of sp³-hybridized carbons (Fsp3) is 0.381. The Kier molecular flexibility index (Phi) is 6.61. The van der Waals surface area contributed by atoms with E-state index in [1.165, 1.54) is 6.26 Å². The molecule has 10 heteroatoms. The van der Waals surface area contributed by atoms with Crippen LogP contribution in [0, 0.1) is 6.92 Å². The maximum absolute atomic E-state index is 11.4. The lowest BCUT2D eigenvalue weighted by Crippen LogP contribution is -2.43. The highest BCUT2D eigenvalue weighted by Crippen LogP contribution is 2.27. The largest absolute Gasteiger partial charge is 0.325 e. The number of hydrogen-bond donors (Lipinski definition) is 2. The van der Waals surface area contributed by atoms with Gasteiger partial charge in [0.2, 0.25) is 10.0 Å². The topological polar surface area (TPSA) is 100 Å². The van der Waals surface area contributed by atoms with E-state index in [0.717, 1.165) is 65.3 Å². The van der Waals surface area contributed by atoms with Crippen LogP contribution in [-0.2, 0) is 16.6 Å². The van der Waals surface area contributed by atoms with Crippen molar-refractivity contribution < 1.29 is 8.42 Å². The Hall–Kier alpha value is -2.40. The van der Waals surface area contributed by atoms with Gasteiger partial charge in [-0.3, -0.25) is 4.90 Å². The predicted octanol–water partition coefficient (Wildman–Crippen LogP) is 3.17. The molecule has 0 radical (unpaired) electrons. The van der Waals surface area contributed by atoms with Gasteiger partial charge >= 0.3 is 0 Å². The van der Waals surface area contributed by atoms with Gasteiger partial charge in [-0.25, -0.2) is 28.1 Å². The van der Waals surface area contributed by atoms with E-state index < -0.39 is 10.0 Å². The van der Waals surface area contributed by atoms with Crippen molar-refractivity contribution >= 4 is 33.0 Å². The Morgan fingerprint density at radius 1 is 1.16 bits per heavy atom. The van der Waals surface area contributed by atoms with Crippen molar-refractivity contribution in [2.24, 2.45) is 0 Å². The zero-order valence-corrected chi connectivity index (χ0v) is 19.2. The molecule has 4 heterocycles. The van der Waals surface area contributed by atoms with Crippen LogP contribution in [0.4, 0.5) is 11.6 Å². The second-order valence-electron chi connectivity index (χ2n) is 7.81. The summed E-state index contributed by atoms with van der Waals surface area (Å²) in [5.74, 6) is 1.51. The minimum absolute atomic E-state index is 0.0282. The number of nitrogens with one attached hydrogen (secondary N) is 2. The van der Waals surface area contributed by atoms with Crippen LogP contribution in [0.2, 0.25) is 0 Å². The molecule has 0 aromatic carbocycles. The molecule has 164 valence electrons. The summed E-state index contributed by atoms with van der Waals surface area (Å²) in [4.78, 5) is 17.0. The summed E-state index contributed by atoms with van der Waals surface area (Å²) in [6.07, 6.45) is 6.49. The van der Waals surface area contributed by atoms with Gasteiger partial charge in [0.05, 0.1) is 23.4 Å². The van der Waals surface area contributed by atoms with Crippen molar-refractivity contribution in [3.8, 4) is 10.6 Å². The molecule has 0 saturated carbocycles. The number of piperidine rings is 1. The van der Waals surface area contributed by atoms with Crippen LogP contribution >= 0.6 is 11.3 Å². The first-order valence-corrected chi connectivity index (χ1v) is 12.9. The average molecular weight is 459 g/mol. The molecule has 0 unspecified atom stereocenters. The average Bonchev–Trinajstić information content (AvgIpc) is 3.17. The van der Waals surface area contributed by atoms with Gasteiger partial charge < -0.3 is 5.32 Å². The summed E-state index contributed by atoms with van der Waals surface area (Å²) in [5, 5.41) is 4.29. The molecular weight excluding hydrogens is 432 g/mol. The summed E-state index contributed by atoms with van der Waals surface area (Å²) in [7, 11) is -3.15. The quantitative estimate of drug-likeness (QED) is 0.561. The summed E-state index contributed by atoms with van der Waals surface area (Å²) in [6.45, 7) is 4.49. The lowest BCUT2D eigenvalue weighted by Gasteiger charge is -2.31. The summed E-state index contributed by atoms with van der Waals surface area (Å²) >= 11 is 1.64. The Morgan fingerprint density at radius 2 is 1.97 bits per heavy atom. The zero-order valence-electron chi connectivity index (χ0n) is 17.6. The summed E-state index contributed by atoms with van der Waals surface area (Å²) in [5.41, 5.74) is 2.01. The number of pyridine rings is 2. The minimum atomic E-state index is -3.15. The molecule has 1 saturated heterocycles. The molecule has 0 spiro atoms. The van der Waals surface area contributed by atoms with Crippen LogP contribution in [0.1, 0.15) is 23.4 Å². The van der Waals surface area contributed by atoms with Gasteiger partial charge in [-0.1, -0.05) is 6.07 Å². The third kappa shape index (κ3) is 6.30. The van der Waals surface area contributed by atoms with Gasteiger partial charge in [-0.15, -0.1) is 11.3 Å². The van der Waals surface area contributed by atoms with Crippen molar-refractivity contribution in [1.82, 2.24) is 24.6 Å². The van der Waals surface area contributed by atoms with E-state index in [2.05, 4.69) is 24.9 Å². The van der Waals surface area contributed by atoms with E-state index in [0.29, 0.717) is 0 Å². The first-order chi connectivity index (χ1) is 14.8. The third-order valence-corrected chi connectivity index (χ3v) is 6.82. The highest BCUT2D eigenvalue weighted by atomic mass is 32.2. The van der Waals surface area contributed by atoms with Gasteiger partial charge in [0.25, 0.3) is 0 Å². The van der Waals surface area contributed by atoms with E-state index in [1.54, 1.807) is 17.5 Å². The number of aromatic nitrogens is 3. The zero-order chi connectivity index (χ0) is 21.8. The van der Waals surface area contributed by atoms with Gasteiger partial charge in [-0.2, -0.15) is 0 Å². The second kappa shape index (κ2) is 9.39. The molecule has 1 fully saturated rings. The number of hydrogen-bond acceptors (Lipinski definition) is 8. The Morgan fingerprint density at radius 3 is 2.71 bits per heavy atom. The molecule has 3 aromatic heterocycles. The molecule has 0 atom stereocenters. The van der Waals surface area contributed by atoms with Crippen molar-refractivity contribution in [3.05, 3.63) is 53.3 Å². The summed E-state index contributed by atoms with van der Waals surface area (Å²) < 4.78 is 25.5. The van der Waals surface area contributed by atoms with Crippen LogP contribution in [-0.4, -0.2) is 53.7 Å². The lowest BCUT2D eigenvalue weighted by molar-refractivity contribution is 0.200. The molecule has 3 aromatic rings. The number of thiazole rings is 1. The maximum Gasteiger partial charge on any atom is 0.208 e. The molecule has 2 N–H and O–H groups in total. The highest BCUT2D eigenvalue weighted by molar-refractivity contribution is 7.88. The Labute approximate surface area is 186 Å². The van der Waals surface area contributed by atoms with Crippen molar-refractivity contribution in [2.75, 3.05) is 24.7 Å². The fourth-order valence-corrected chi connectivity index (χ4v) is 5.35. The molecule has 8 nitrogen and oxygen atoms in total. The number of sulfonamides is 1. The predicted molar refractivity (Wildman–Crippen MR) is 124 cm³/mol. The van der Waals surface area contributed by atoms with E-state index in [9.17, 15) is 8.42 Å². The number of likely N-dealkylation sites (tertiary alicyclic amines) is 1. The lowest BCUT2D eigenvalue weighted by atomic mass is 10.1. The highest BCUT2D eigenvalue weighted by Gasteiger charge is 2.22. The van der Waals surface area contributed by atoms with Crippen LogP contribution < -0.4 is 10.0 Å². The fourth-order valence-electron chi connectivity index (χ4n) is 3.58. The Balaban J connectivity index is 1.37. The van der Waals surface area contributed by atoms with Gasteiger partial charge in [0.15, 0.2) is 0 Å². The van der Waals surface area contributed by atoms with Crippen LogP contribution in [0.5, 0.6) is 0 Å². The monoisotopic (exact) mass is 458 g/mol. The smallest absolute Gasteiger partial charge is 0.208 e. The SMILES string of the molecule is Cc1ccnc(Nc2cccc(-c3cnc(CN4CCC(NS(C)(=O)=O)CC4)s3)n2)c1. The first kappa shape index (κ1) is 21.8. The molecule has 0 amide bonds. The normalized spacial score (nSPS) is 15.8. The molecule has 4 rings (SSSR count). The van der Waals surface area contributed by atoms with Gasteiger partial charge in [-0.05, 0) is 49.6 Å². The number of aryl methyl sites for hydroxylation is 1. The van der Waals surface area contributed by atoms with Crippen LogP contribution in [0.25, 0.3) is 10.6 Å². The summed E-state index contributed by atoms with van der Waals surface area (Å²) in [6, 6.07) is 9.84. The molecule has 31 heavy (non-hydrogen) atoms. The van der Waals surface area contributed by atoms with Crippen molar-refractivity contribution in [1.29, 1.82) is 0 Å². The number of nitrogens with zero attached hydrogens (tertiary/aromatic N) is 4. The van der Waals surface area contributed by atoms with E-state index in [-0.39, 0.29) is 6.04 Å². The van der Waals surface area contributed by atoms with Gasteiger partial charge in [0, 0.05) is 31.5 Å². The standard InChI is InChI=1S/C21H26N6O2S2/c1-15-6-9-22-20(12-15)25-19-5-3-4-17(24-19)18-13-23-21(30-18)14-27-10-7-16(8-11-27)26-31(2,28)29/h3-6,9,12-13,16,26H,7-8,10-11,14H2,1-2H3,(H,22,24,25).